The van der Waals surface area contributed by atoms with Crippen molar-refractivity contribution in [2.75, 3.05) is 22.9 Å². The molecule has 0 radical (unpaired) electrons. The summed E-state index contributed by atoms with van der Waals surface area (Å²) in [6.45, 7) is 0.677. The van der Waals surface area contributed by atoms with Gasteiger partial charge in [0.15, 0.2) is 5.69 Å². The number of para-hydroxylation sites is 1. The minimum Gasteiger partial charge on any atom is -0.396 e. The summed E-state index contributed by atoms with van der Waals surface area (Å²) in [7, 11) is 1.76. The minimum absolute atomic E-state index is 0.133. The van der Waals surface area contributed by atoms with Crippen molar-refractivity contribution in [3.63, 3.8) is 0 Å². The molecule has 0 unspecified atom stereocenters. The number of nitrogen functional groups attached to an aromatic ring is 1. The van der Waals surface area contributed by atoms with Gasteiger partial charge in [0.1, 0.15) is 0 Å². The molecule has 0 fully saturated rings. The number of aryl methyl sites for hydroxylation is 1. The Morgan fingerprint density at radius 2 is 2.21 bits per heavy atom. The standard InChI is InChI=1S/C13H14N4OS/c1-16-8-9(14)12(15-16)13(18)17-6-7-19-11-5-3-2-4-10(11)17/h2-5,8H,6-7,14H2,1H3. The van der Waals surface area contributed by atoms with Crippen LogP contribution in [-0.4, -0.2) is 28.0 Å². The van der Waals surface area contributed by atoms with Crippen LogP contribution in [0.5, 0.6) is 0 Å². The van der Waals surface area contributed by atoms with Crippen molar-refractivity contribution < 1.29 is 4.79 Å². The number of nitrogens with zero attached hydrogens (tertiary/aromatic N) is 3. The molecular formula is C13H14N4OS. The molecule has 1 aromatic carbocycles. The normalized spacial score (nSPS) is 14.3. The highest BCUT2D eigenvalue weighted by atomic mass is 32.2. The number of carbonyl (C=O) groups is 1. The van der Waals surface area contributed by atoms with Gasteiger partial charge in [-0.1, -0.05) is 12.1 Å². The van der Waals surface area contributed by atoms with E-state index in [0.29, 0.717) is 17.9 Å². The summed E-state index contributed by atoms with van der Waals surface area (Å²) < 4.78 is 1.56. The number of nitrogens with two attached hydrogens (primary N) is 1. The highest BCUT2D eigenvalue weighted by molar-refractivity contribution is 7.99. The molecule has 19 heavy (non-hydrogen) atoms. The molecule has 0 saturated heterocycles. The van der Waals surface area contributed by atoms with Crippen LogP contribution in [0.2, 0.25) is 0 Å². The molecule has 1 aliphatic heterocycles. The fourth-order valence-electron chi connectivity index (χ4n) is 2.18. The van der Waals surface area contributed by atoms with E-state index in [-0.39, 0.29) is 5.91 Å². The largest absolute Gasteiger partial charge is 0.396 e. The van der Waals surface area contributed by atoms with Crippen LogP contribution in [0.15, 0.2) is 35.4 Å². The van der Waals surface area contributed by atoms with Crippen LogP contribution in [0.1, 0.15) is 10.5 Å². The first-order chi connectivity index (χ1) is 9.16. The van der Waals surface area contributed by atoms with Gasteiger partial charge in [0.05, 0.1) is 11.4 Å². The lowest BCUT2D eigenvalue weighted by Gasteiger charge is -2.28. The van der Waals surface area contributed by atoms with Gasteiger partial charge in [-0.25, -0.2) is 0 Å². The smallest absolute Gasteiger partial charge is 0.280 e. The summed E-state index contributed by atoms with van der Waals surface area (Å²) in [6.07, 6.45) is 1.65. The Morgan fingerprint density at radius 1 is 1.42 bits per heavy atom. The number of rotatable bonds is 1. The molecule has 1 amide bonds. The first kappa shape index (κ1) is 12.1. The zero-order chi connectivity index (χ0) is 13.4. The zero-order valence-electron chi connectivity index (χ0n) is 10.5. The molecule has 6 heteroatoms. The molecule has 0 atom stereocenters. The monoisotopic (exact) mass is 274 g/mol. The van der Waals surface area contributed by atoms with E-state index in [2.05, 4.69) is 5.10 Å². The van der Waals surface area contributed by atoms with Gasteiger partial charge in [-0.2, -0.15) is 5.10 Å². The van der Waals surface area contributed by atoms with Crippen LogP contribution < -0.4 is 10.6 Å². The van der Waals surface area contributed by atoms with E-state index >= 15 is 0 Å². The first-order valence-electron chi connectivity index (χ1n) is 5.99. The molecule has 0 bridgehead atoms. The predicted molar refractivity (Wildman–Crippen MR) is 76.5 cm³/mol. The Bertz CT molecular complexity index is 637. The maximum absolute atomic E-state index is 12.6. The third-order valence-corrected chi connectivity index (χ3v) is 4.08. The Kier molecular flexibility index (Phi) is 2.94. The van der Waals surface area contributed by atoms with Crippen LogP contribution in [0.4, 0.5) is 11.4 Å². The van der Waals surface area contributed by atoms with E-state index in [9.17, 15) is 4.79 Å². The number of hydrogen-bond donors (Lipinski definition) is 1. The summed E-state index contributed by atoms with van der Waals surface area (Å²) in [4.78, 5) is 15.4. The molecular weight excluding hydrogens is 260 g/mol. The van der Waals surface area contributed by atoms with Gasteiger partial charge in [0.25, 0.3) is 5.91 Å². The number of amides is 1. The second-order valence-corrected chi connectivity index (χ2v) is 5.52. The van der Waals surface area contributed by atoms with Crippen molar-refractivity contribution in [3.05, 3.63) is 36.2 Å². The Hall–Kier alpha value is -1.95. The average Bonchev–Trinajstić information content (AvgIpc) is 2.76. The number of carbonyl (C=O) groups excluding carboxylic acids is 1. The van der Waals surface area contributed by atoms with Crippen molar-refractivity contribution in [2.24, 2.45) is 7.05 Å². The lowest BCUT2D eigenvalue weighted by Crippen LogP contribution is -2.36. The molecule has 3 rings (SSSR count). The van der Waals surface area contributed by atoms with Gasteiger partial charge in [0, 0.05) is 30.4 Å². The number of hydrogen-bond acceptors (Lipinski definition) is 4. The van der Waals surface area contributed by atoms with E-state index in [0.717, 1.165) is 16.3 Å². The van der Waals surface area contributed by atoms with Crippen molar-refractivity contribution in [3.8, 4) is 0 Å². The molecule has 2 N–H and O–H groups in total. The number of aromatic nitrogens is 2. The van der Waals surface area contributed by atoms with E-state index in [1.165, 1.54) is 0 Å². The maximum Gasteiger partial charge on any atom is 0.280 e. The minimum atomic E-state index is -0.133. The molecule has 0 saturated carbocycles. The van der Waals surface area contributed by atoms with Crippen LogP contribution >= 0.6 is 11.8 Å². The molecule has 98 valence electrons. The third-order valence-electron chi connectivity index (χ3n) is 3.03. The summed E-state index contributed by atoms with van der Waals surface area (Å²) in [5.74, 6) is 0.751. The Labute approximate surface area is 115 Å². The van der Waals surface area contributed by atoms with Gasteiger partial charge < -0.3 is 10.6 Å². The number of benzene rings is 1. The van der Waals surface area contributed by atoms with Gasteiger partial charge in [-0.05, 0) is 12.1 Å². The Morgan fingerprint density at radius 3 is 2.95 bits per heavy atom. The van der Waals surface area contributed by atoms with E-state index in [1.54, 1.807) is 34.6 Å². The summed E-state index contributed by atoms with van der Waals surface area (Å²) in [5, 5.41) is 4.15. The van der Waals surface area contributed by atoms with Gasteiger partial charge in [-0.3, -0.25) is 9.48 Å². The molecule has 2 heterocycles. The topological polar surface area (TPSA) is 64.2 Å². The predicted octanol–water partition coefficient (Wildman–Crippen LogP) is 1.75. The maximum atomic E-state index is 12.6. The number of fused-ring (bicyclic) bond motifs is 1. The third kappa shape index (κ3) is 2.08. The van der Waals surface area contributed by atoms with Gasteiger partial charge >= 0.3 is 0 Å². The average molecular weight is 274 g/mol. The number of thioether (sulfide) groups is 1. The fourth-order valence-corrected chi connectivity index (χ4v) is 3.18. The highest BCUT2D eigenvalue weighted by Gasteiger charge is 2.26. The fraction of sp³-hybridized carbons (Fsp3) is 0.231. The van der Waals surface area contributed by atoms with Crippen molar-refractivity contribution in [1.82, 2.24) is 9.78 Å². The lowest BCUT2D eigenvalue weighted by molar-refractivity contribution is 0.0983. The summed E-state index contributed by atoms with van der Waals surface area (Å²) in [5.41, 5.74) is 7.51. The van der Waals surface area contributed by atoms with Crippen molar-refractivity contribution >= 4 is 29.0 Å². The lowest BCUT2D eigenvalue weighted by atomic mass is 10.2. The van der Waals surface area contributed by atoms with E-state index in [4.69, 9.17) is 5.73 Å². The first-order valence-corrected chi connectivity index (χ1v) is 6.98. The van der Waals surface area contributed by atoms with Gasteiger partial charge in [-0.15, -0.1) is 11.8 Å². The SMILES string of the molecule is Cn1cc(N)c(C(=O)N2CCSc3ccccc32)n1. The van der Waals surface area contributed by atoms with Crippen LogP contribution in [0.25, 0.3) is 0 Å². The van der Waals surface area contributed by atoms with Crippen LogP contribution in [0, 0.1) is 0 Å². The molecule has 2 aromatic rings. The second kappa shape index (κ2) is 4.62. The summed E-state index contributed by atoms with van der Waals surface area (Å²) in [6, 6.07) is 7.90. The van der Waals surface area contributed by atoms with Gasteiger partial charge in [0.2, 0.25) is 0 Å². The quantitative estimate of drug-likeness (QED) is 0.860. The molecule has 1 aliphatic rings. The molecule has 0 spiro atoms. The highest BCUT2D eigenvalue weighted by Crippen LogP contribution is 2.35. The van der Waals surface area contributed by atoms with Crippen LogP contribution in [-0.2, 0) is 7.05 Å². The van der Waals surface area contributed by atoms with Crippen LogP contribution in [0.3, 0.4) is 0 Å². The van der Waals surface area contributed by atoms with E-state index < -0.39 is 0 Å². The van der Waals surface area contributed by atoms with Crippen molar-refractivity contribution in [1.29, 1.82) is 0 Å². The number of anilines is 2. The Balaban J connectivity index is 2.00. The second-order valence-electron chi connectivity index (χ2n) is 4.38. The molecule has 0 aliphatic carbocycles. The summed E-state index contributed by atoms with van der Waals surface area (Å²) >= 11 is 1.76. The van der Waals surface area contributed by atoms with E-state index in [1.807, 2.05) is 24.3 Å². The van der Waals surface area contributed by atoms with Crippen molar-refractivity contribution in [2.45, 2.75) is 4.90 Å². The molecule has 1 aromatic heterocycles. The molecule has 5 nitrogen and oxygen atoms in total. The zero-order valence-corrected chi connectivity index (χ0v) is 11.4.